The molecule has 0 radical (unpaired) electrons. The van der Waals surface area contributed by atoms with Gasteiger partial charge in [0.1, 0.15) is 4.90 Å². The molecule has 1 aromatic heterocycles. The molecule has 0 bridgehead atoms. The zero-order valence-electron chi connectivity index (χ0n) is 9.45. The third-order valence-corrected chi connectivity index (χ3v) is 3.72. The molecule has 0 aliphatic heterocycles. The number of sulfonamides is 1. The van der Waals surface area contributed by atoms with E-state index in [0.717, 1.165) is 0 Å². The van der Waals surface area contributed by atoms with Crippen LogP contribution in [-0.4, -0.2) is 30.0 Å². The van der Waals surface area contributed by atoms with Gasteiger partial charge in [0.05, 0.1) is 5.54 Å². The molecule has 0 unspecified atom stereocenters. The molecule has 0 aliphatic carbocycles. The average Bonchev–Trinajstić information content (AvgIpc) is 2.27. The van der Waals surface area contributed by atoms with Crippen molar-refractivity contribution in [1.29, 1.82) is 0 Å². The van der Waals surface area contributed by atoms with Gasteiger partial charge in [-0.1, -0.05) is 5.16 Å². The number of amidine groups is 1. The Hall–Kier alpha value is -1.67. The smallest absolute Gasteiger partial charge is 0.243 e. The first-order chi connectivity index (χ1) is 7.79. The van der Waals surface area contributed by atoms with Gasteiger partial charge >= 0.3 is 0 Å². The lowest BCUT2D eigenvalue weighted by atomic mass is 10.1. The molecule has 0 amide bonds. The summed E-state index contributed by atoms with van der Waals surface area (Å²) in [5.41, 5.74) is 4.20. The van der Waals surface area contributed by atoms with Gasteiger partial charge in [0.25, 0.3) is 0 Å². The highest BCUT2D eigenvalue weighted by Gasteiger charge is 2.30. The minimum Gasteiger partial charge on any atom is -0.409 e. The highest BCUT2D eigenvalue weighted by molar-refractivity contribution is 7.89. The molecule has 4 N–H and O–H groups in total. The predicted octanol–water partition coefficient (Wildman–Crippen LogP) is -0.115. The van der Waals surface area contributed by atoms with Gasteiger partial charge < -0.3 is 10.9 Å². The number of rotatable bonds is 4. The molecule has 7 nitrogen and oxygen atoms in total. The summed E-state index contributed by atoms with van der Waals surface area (Å²) in [6, 6.07) is 2.91. The third kappa shape index (κ3) is 3.14. The van der Waals surface area contributed by atoms with E-state index in [1.165, 1.54) is 38.4 Å². The molecule has 0 aromatic carbocycles. The van der Waals surface area contributed by atoms with E-state index in [1.807, 2.05) is 0 Å². The number of nitrogens with one attached hydrogen (secondary N) is 1. The van der Waals surface area contributed by atoms with Crippen LogP contribution in [0.25, 0.3) is 0 Å². The number of hydrogen-bond donors (Lipinski definition) is 3. The topological polar surface area (TPSA) is 118 Å². The second kappa shape index (κ2) is 4.68. The van der Waals surface area contributed by atoms with Crippen molar-refractivity contribution in [3.05, 3.63) is 24.5 Å². The van der Waals surface area contributed by atoms with E-state index in [0.29, 0.717) is 0 Å². The minimum absolute atomic E-state index is 0.0128. The third-order valence-electron chi connectivity index (χ3n) is 2.08. The maximum atomic E-state index is 11.9. The summed E-state index contributed by atoms with van der Waals surface area (Å²) in [5.74, 6) is -0.232. The largest absolute Gasteiger partial charge is 0.409 e. The van der Waals surface area contributed by atoms with E-state index in [2.05, 4.69) is 14.9 Å². The first-order valence-electron chi connectivity index (χ1n) is 4.71. The summed E-state index contributed by atoms with van der Waals surface area (Å²) >= 11 is 0. The number of aromatic nitrogens is 1. The molecule has 17 heavy (non-hydrogen) atoms. The Morgan fingerprint density at radius 3 is 2.71 bits per heavy atom. The van der Waals surface area contributed by atoms with Gasteiger partial charge in [0, 0.05) is 12.4 Å². The summed E-state index contributed by atoms with van der Waals surface area (Å²) in [7, 11) is -3.76. The molecule has 1 rings (SSSR count). The first-order valence-corrected chi connectivity index (χ1v) is 6.20. The fraction of sp³-hybridized carbons (Fsp3) is 0.333. The van der Waals surface area contributed by atoms with Crippen LogP contribution < -0.4 is 10.5 Å². The summed E-state index contributed by atoms with van der Waals surface area (Å²) in [4.78, 5) is 3.73. The number of nitrogens with two attached hydrogens (primary N) is 1. The van der Waals surface area contributed by atoms with Crippen LogP contribution in [0.5, 0.6) is 0 Å². The molecule has 8 heteroatoms. The van der Waals surface area contributed by atoms with Gasteiger partial charge in [0.15, 0.2) is 5.84 Å². The SMILES string of the molecule is CC(C)(NS(=O)(=O)c1cccnc1)/C(N)=N/O. The fourth-order valence-electron chi connectivity index (χ4n) is 1.08. The molecule has 94 valence electrons. The summed E-state index contributed by atoms with van der Waals surface area (Å²) in [6.45, 7) is 2.96. The quantitative estimate of drug-likeness (QED) is 0.301. The summed E-state index contributed by atoms with van der Waals surface area (Å²) < 4.78 is 26.2. The molecule has 0 spiro atoms. The van der Waals surface area contributed by atoms with E-state index in [9.17, 15) is 8.42 Å². The van der Waals surface area contributed by atoms with Gasteiger partial charge in [-0.2, -0.15) is 4.72 Å². The highest BCUT2D eigenvalue weighted by atomic mass is 32.2. The zero-order valence-corrected chi connectivity index (χ0v) is 10.3. The zero-order chi connectivity index (χ0) is 13.1. The Morgan fingerprint density at radius 2 is 2.24 bits per heavy atom. The normalized spacial score (nSPS) is 13.6. The van der Waals surface area contributed by atoms with E-state index in [4.69, 9.17) is 10.9 Å². The van der Waals surface area contributed by atoms with Crippen LogP contribution in [-0.2, 0) is 10.0 Å². The van der Waals surface area contributed by atoms with E-state index in [-0.39, 0.29) is 10.7 Å². The summed E-state index contributed by atoms with van der Waals surface area (Å²) in [6.07, 6.45) is 2.68. The lowest BCUT2D eigenvalue weighted by Gasteiger charge is -2.23. The van der Waals surface area contributed by atoms with E-state index in [1.54, 1.807) is 0 Å². The Labute approximate surface area is 99.4 Å². The molecule has 0 fully saturated rings. The summed E-state index contributed by atoms with van der Waals surface area (Å²) in [5, 5.41) is 11.3. The van der Waals surface area contributed by atoms with Crippen molar-refractivity contribution in [2.45, 2.75) is 24.3 Å². The van der Waals surface area contributed by atoms with Crippen LogP contribution in [0.1, 0.15) is 13.8 Å². The van der Waals surface area contributed by atoms with Gasteiger partial charge in [0.2, 0.25) is 10.0 Å². The number of hydrogen-bond acceptors (Lipinski definition) is 5. The van der Waals surface area contributed by atoms with Crippen LogP contribution in [0.4, 0.5) is 0 Å². The van der Waals surface area contributed by atoms with Gasteiger partial charge in [-0.05, 0) is 26.0 Å². The van der Waals surface area contributed by atoms with Crippen molar-refractivity contribution >= 4 is 15.9 Å². The first kappa shape index (κ1) is 13.4. The molecule has 0 aliphatic rings. The van der Waals surface area contributed by atoms with Crippen LogP contribution in [0, 0.1) is 0 Å². The Balaban J connectivity index is 3.04. The van der Waals surface area contributed by atoms with Gasteiger partial charge in [-0.15, -0.1) is 0 Å². The van der Waals surface area contributed by atoms with Gasteiger partial charge in [-0.25, -0.2) is 8.42 Å². The monoisotopic (exact) mass is 258 g/mol. The molecular weight excluding hydrogens is 244 g/mol. The highest BCUT2D eigenvalue weighted by Crippen LogP contribution is 2.11. The Morgan fingerprint density at radius 1 is 1.59 bits per heavy atom. The predicted molar refractivity (Wildman–Crippen MR) is 62.0 cm³/mol. The molecule has 1 heterocycles. The molecule has 0 saturated carbocycles. The van der Waals surface area contributed by atoms with Crippen molar-refractivity contribution in [1.82, 2.24) is 9.71 Å². The standard InChI is InChI=1S/C9H14N4O3S/c1-9(2,8(10)12-14)13-17(15,16)7-4-3-5-11-6-7/h3-6,13-14H,1-2H3,(H2,10,12). The lowest BCUT2D eigenvalue weighted by molar-refractivity contribution is 0.312. The fourth-order valence-corrected chi connectivity index (χ4v) is 2.43. The molecule has 1 aromatic rings. The Kier molecular flexibility index (Phi) is 3.69. The number of oxime groups is 1. The van der Waals surface area contributed by atoms with Crippen molar-refractivity contribution < 1.29 is 13.6 Å². The second-order valence-corrected chi connectivity index (χ2v) is 5.59. The van der Waals surface area contributed by atoms with Crippen LogP contribution in [0.3, 0.4) is 0 Å². The lowest BCUT2D eigenvalue weighted by Crippen LogP contribution is -2.52. The van der Waals surface area contributed by atoms with Crippen molar-refractivity contribution in [2.24, 2.45) is 10.9 Å². The minimum atomic E-state index is -3.76. The van der Waals surface area contributed by atoms with E-state index >= 15 is 0 Å². The van der Waals surface area contributed by atoms with Crippen LogP contribution in [0.2, 0.25) is 0 Å². The number of nitrogens with zero attached hydrogens (tertiary/aromatic N) is 2. The van der Waals surface area contributed by atoms with E-state index < -0.39 is 15.6 Å². The molecule has 0 saturated heterocycles. The van der Waals surface area contributed by atoms with Crippen molar-refractivity contribution in [2.75, 3.05) is 0 Å². The van der Waals surface area contributed by atoms with Crippen LogP contribution >= 0.6 is 0 Å². The van der Waals surface area contributed by atoms with Crippen molar-refractivity contribution in [3.8, 4) is 0 Å². The number of pyridine rings is 1. The molecular formula is C9H14N4O3S. The maximum absolute atomic E-state index is 11.9. The second-order valence-electron chi connectivity index (χ2n) is 3.90. The maximum Gasteiger partial charge on any atom is 0.243 e. The van der Waals surface area contributed by atoms with Crippen LogP contribution in [0.15, 0.2) is 34.6 Å². The molecule has 0 atom stereocenters. The Bertz CT molecular complexity index is 510. The van der Waals surface area contributed by atoms with Crippen molar-refractivity contribution in [3.63, 3.8) is 0 Å². The van der Waals surface area contributed by atoms with Gasteiger partial charge in [-0.3, -0.25) is 4.98 Å². The average molecular weight is 258 g/mol.